The van der Waals surface area contributed by atoms with Crippen molar-refractivity contribution in [2.75, 3.05) is 26.2 Å². The third-order valence-electron chi connectivity index (χ3n) is 4.62. The first-order valence-electron chi connectivity index (χ1n) is 8.16. The van der Waals surface area contributed by atoms with E-state index in [1.54, 1.807) is 0 Å². The van der Waals surface area contributed by atoms with Crippen LogP contribution in [0.3, 0.4) is 0 Å². The number of hydrogen-bond donors (Lipinski definition) is 0. The van der Waals surface area contributed by atoms with Gasteiger partial charge in [-0.3, -0.25) is 9.69 Å². The van der Waals surface area contributed by atoms with Crippen LogP contribution in [0.25, 0.3) is 0 Å². The van der Waals surface area contributed by atoms with E-state index in [1.165, 1.54) is 10.5 Å². The monoisotopic (exact) mass is 342 g/mol. The summed E-state index contributed by atoms with van der Waals surface area (Å²) in [5, 5.41) is 0. The second-order valence-electron chi connectivity index (χ2n) is 6.35. The zero-order valence-electron chi connectivity index (χ0n) is 13.3. The zero-order chi connectivity index (χ0) is 17.2. The molecule has 7 heteroatoms. The number of ether oxygens (including phenoxy) is 1. The summed E-state index contributed by atoms with van der Waals surface area (Å²) in [7, 11) is 0. The maximum atomic E-state index is 12.3. The number of fused-ring (bicyclic) bond motifs is 1. The Morgan fingerprint density at radius 2 is 1.96 bits per heavy atom. The molecule has 0 N–H and O–H groups in total. The zero-order valence-corrected chi connectivity index (χ0v) is 13.3. The lowest BCUT2D eigenvalue weighted by atomic mass is 10.1. The van der Waals surface area contributed by atoms with E-state index in [0.29, 0.717) is 19.7 Å². The molecule has 0 aromatic heterocycles. The van der Waals surface area contributed by atoms with E-state index in [4.69, 9.17) is 4.74 Å². The van der Waals surface area contributed by atoms with Gasteiger partial charge >= 0.3 is 6.18 Å². The van der Waals surface area contributed by atoms with Crippen molar-refractivity contribution < 1.29 is 22.7 Å². The molecule has 2 unspecified atom stereocenters. The van der Waals surface area contributed by atoms with Crippen LogP contribution in [-0.4, -0.2) is 60.3 Å². The van der Waals surface area contributed by atoms with Gasteiger partial charge in [-0.05, 0) is 5.56 Å². The van der Waals surface area contributed by atoms with Gasteiger partial charge in [0.1, 0.15) is 0 Å². The third-order valence-corrected chi connectivity index (χ3v) is 4.62. The molecule has 2 aliphatic rings. The molecule has 4 nitrogen and oxygen atoms in total. The minimum atomic E-state index is -4.29. The van der Waals surface area contributed by atoms with Crippen LogP contribution < -0.4 is 0 Å². The molecule has 2 saturated heterocycles. The number of halogens is 3. The Morgan fingerprint density at radius 3 is 2.67 bits per heavy atom. The maximum absolute atomic E-state index is 12.3. The summed E-state index contributed by atoms with van der Waals surface area (Å²) < 4.78 is 42.6. The Labute approximate surface area is 139 Å². The predicted molar refractivity (Wildman–Crippen MR) is 82.2 cm³/mol. The maximum Gasteiger partial charge on any atom is 0.389 e. The molecular formula is C17H21F3N2O2. The van der Waals surface area contributed by atoms with Gasteiger partial charge < -0.3 is 9.64 Å². The van der Waals surface area contributed by atoms with Crippen LogP contribution >= 0.6 is 0 Å². The van der Waals surface area contributed by atoms with Gasteiger partial charge in [-0.25, -0.2) is 0 Å². The number of benzene rings is 1. The molecular weight excluding hydrogens is 321 g/mol. The minimum absolute atomic E-state index is 0.0498. The summed E-state index contributed by atoms with van der Waals surface area (Å²) in [6, 6.07) is 10.1. The highest BCUT2D eigenvalue weighted by Gasteiger charge is 2.42. The van der Waals surface area contributed by atoms with Gasteiger partial charge in [0.15, 0.2) is 0 Å². The van der Waals surface area contributed by atoms with Crippen LogP contribution in [0, 0.1) is 0 Å². The smallest absolute Gasteiger partial charge is 0.373 e. The second-order valence-corrected chi connectivity index (χ2v) is 6.35. The van der Waals surface area contributed by atoms with Crippen molar-refractivity contribution >= 4 is 5.91 Å². The summed E-state index contributed by atoms with van der Waals surface area (Å²) in [6.45, 7) is 2.93. The number of nitrogens with zero attached hydrogens (tertiary/aromatic N) is 2. The molecule has 2 heterocycles. The Kier molecular flexibility index (Phi) is 5.10. The molecule has 0 spiro atoms. The van der Waals surface area contributed by atoms with Crippen LogP contribution in [0.5, 0.6) is 0 Å². The molecule has 1 amide bonds. The molecule has 0 aliphatic carbocycles. The average molecular weight is 342 g/mol. The highest BCUT2D eigenvalue weighted by atomic mass is 19.4. The molecule has 0 radical (unpaired) electrons. The second kappa shape index (κ2) is 7.11. The first-order valence-corrected chi connectivity index (χ1v) is 8.16. The fraction of sp³-hybridized carbons (Fsp3) is 0.588. The van der Waals surface area contributed by atoms with E-state index >= 15 is 0 Å². The fourth-order valence-corrected chi connectivity index (χ4v) is 3.38. The highest BCUT2D eigenvalue weighted by Crippen LogP contribution is 2.27. The summed E-state index contributed by atoms with van der Waals surface area (Å²) in [4.78, 5) is 15.8. The predicted octanol–water partition coefficient (Wildman–Crippen LogP) is 2.44. The molecule has 0 saturated carbocycles. The Morgan fingerprint density at radius 1 is 1.21 bits per heavy atom. The van der Waals surface area contributed by atoms with Crippen LogP contribution in [0.4, 0.5) is 13.2 Å². The van der Waals surface area contributed by atoms with E-state index in [0.717, 1.165) is 13.1 Å². The molecule has 2 fully saturated rings. The lowest BCUT2D eigenvalue weighted by Gasteiger charge is -2.36. The van der Waals surface area contributed by atoms with Crippen molar-refractivity contribution in [1.29, 1.82) is 0 Å². The van der Waals surface area contributed by atoms with Crippen molar-refractivity contribution in [3.05, 3.63) is 35.9 Å². The topological polar surface area (TPSA) is 32.8 Å². The van der Waals surface area contributed by atoms with Crippen molar-refractivity contribution in [1.82, 2.24) is 9.80 Å². The molecule has 132 valence electrons. The third kappa shape index (κ3) is 4.27. The van der Waals surface area contributed by atoms with Crippen LogP contribution in [0.1, 0.15) is 18.4 Å². The number of alkyl halides is 3. The van der Waals surface area contributed by atoms with Gasteiger partial charge in [0.2, 0.25) is 5.91 Å². The van der Waals surface area contributed by atoms with Gasteiger partial charge in [0.05, 0.1) is 25.2 Å². The molecule has 2 atom stereocenters. The Balaban J connectivity index is 1.59. The number of likely N-dealkylation sites (tertiary alicyclic amines) is 1. The van der Waals surface area contributed by atoms with Crippen molar-refractivity contribution in [3.8, 4) is 0 Å². The van der Waals surface area contributed by atoms with Crippen LogP contribution in [0.15, 0.2) is 30.3 Å². The molecule has 0 bridgehead atoms. The number of carbonyl (C=O) groups excluding carboxylic acids is 1. The largest absolute Gasteiger partial charge is 0.389 e. The lowest BCUT2D eigenvalue weighted by Crippen LogP contribution is -2.50. The van der Waals surface area contributed by atoms with E-state index in [-0.39, 0.29) is 12.1 Å². The standard InChI is InChI=1S/C17H21F3N2O2/c18-17(19,20)7-6-16(23)22-11-14-15(12-22)24-9-8-21(14)10-13-4-2-1-3-5-13/h1-5,14-15H,6-12H2. The van der Waals surface area contributed by atoms with E-state index in [9.17, 15) is 18.0 Å². The van der Waals surface area contributed by atoms with Gasteiger partial charge in [-0.2, -0.15) is 13.2 Å². The number of amides is 1. The van der Waals surface area contributed by atoms with E-state index < -0.39 is 24.9 Å². The minimum Gasteiger partial charge on any atom is -0.373 e. The highest BCUT2D eigenvalue weighted by molar-refractivity contribution is 5.76. The average Bonchev–Trinajstić information content (AvgIpc) is 2.98. The summed E-state index contributed by atoms with van der Waals surface area (Å²) >= 11 is 0. The molecule has 1 aromatic carbocycles. The van der Waals surface area contributed by atoms with E-state index in [1.807, 2.05) is 30.3 Å². The molecule has 1 aromatic rings. The van der Waals surface area contributed by atoms with Gasteiger partial charge in [-0.15, -0.1) is 0 Å². The van der Waals surface area contributed by atoms with Crippen LogP contribution in [0.2, 0.25) is 0 Å². The lowest BCUT2D eigenvalue weighted by molar-refractivity contribution is -0.148. The fourth-order valence-electron chi connectivity index (χ4n) is 3.38. The van der Waals surface area contributed by atoms with Gasteiger partial charge in [0.25, 0.3) is 0 Å². The molecule has 24 heavy (non-hydrogen) atoms. The molecule has 3 rings (SSSR count). The SMILES string of the molecule is O=C(CCC(F)(F)F)N1CC2OCCN(Cc3ccccc3)C2C1. The summed E-state index contributed by atoms with van der Waals surface area (Å²) in [5.74, 6) is -0.440. The van der Waals surface area contributed by atoms with Crippen molar-refractivity contribution in [3.63, 3.8) is 0 Å². The number of hydrogen-bond acceptors (Lipinski definition) is 3. The quantitative estimate of drug-likeness (QED) is 0.843. The summed E-state index contributed by atoms with van der Waals surface area (Å²) in [6.07, 6.45) is -5.96. The number of morpholine rings is 1. The van der Waals surface area contributed by atoms with Crippen LogP contribution in [-0.2, 0) is 16.1 Å². The summed E-state index contributed by atoms with van der Waals surface area (Å²) in [5.41, 5.74) is 1.18. The number of carbonyl (C=O) groups is 1. The Bertz CT molecular complexity index is 565. The van der Waals surface area contributed by atoms with Crippen molar-refractivity contribution in [2.45, 2.75) is 37.7 Å². The van der Waals surface area contributed by atoms with E-state index in [2.05, 4.69) is 4.90 Å². The molecule has 2 aliphatic heterocycles. The number of rotatable bonds is 4. The Hall–Kier alpha value is -1.60. The normalized spacial score (nSPS) is 24.9. The van der Waals surface area contributed by atoms with Gasteiger partial charge in [0, 0.05) is 32.6 Å². The first kappa shape index (κ1) is 17.2. The van der Waals surface area contributed by atoms with Gasteiger partial charge in [-0.1, -0.05) is 30.3 Å². The van der Waals surface area contributed by atoms with Crippen molar-refractivity contribution in [2.24, 2.45) is 0 Å². The first-order chi connectivity index (χ1) is 11.4.